The van der Waals surface area contributed by atoms with Gasteiger partial charge < -0.3 is 9.47 Å². The summed E-state index contributed by atoms with van der Waals surface area (Å²) in [5.74, 6) is 0.173. The Morgan fingerprint density at radius 2 is 2.03 bits per heavy atom. The van der Waals surface area contributed by atoms with Gasteiger partial charge in [0.1, 0.15) is 17.6 Å². The van der Waals surface area contributed by atoms with Gasteiger partial charge in [-0.05, 0) is 49.4 Å². The average molecular weight is 496 g/mol. The second-order valence-electron chi connectivity index (χ2n) is 6.70. The van der Waals surface area contributed by atoms with Gasteiger partial charge in [-0.1, -0.05) is 0 Å². The van der Waals surface area contributed by atoms with Crippen molar-refractivity contribution in [1.29, 1.82) is 5.26 Å². The van der Waals surface area contributed by atoms with E-state index in [0.29, 0.717) is 17.0 Å². The molecule has 0 aliphatic carbocycles. The molecule has 12 heteroatoms. The summed E-state index contributed by atoms with van der Waals surface area (Å²) >= 11 is 1.14. The smallest absolute Gasteiger partial charge is 0.341 e. The molecule has 4 rings (SSSR count). The van der Waals surface area contributed by atoms with Crippen LogP contribution in [0.5, 0.6) is 11.5 Å². The molecule has 2 aromatic carbocycles. The second kappa shape index (κ2) is 9.74. The predicted octanol–water partition coefficient (Wildman–Crippen LogP) is 3.97. The number of ether oxygens (including phenoxy) is 2. The molecule has 2 aromatic heterocycles. The van der Waals surface area contributed by atoms with E-state index in [1.54, 1.807) is 42.8 Å². The van der Waals surface area contributed by atoms with Crippen LogP contribution >= 0.6 is 11.3 Å². The lowest BCUT2D eigenvalue weighted by atomic mass is 10.2. The Balaban J connectivity index is 1.50. The van der Waals surface area contributed by atoms with Gasteiger partial charge in [-0.15, -0.1) is 11.3 Å². The third-order valence-electron chi connectivity index (χ3n) is 4.46. The van der Waals surface area contributed by atoms with E-state index in [-0.39, 0.29) is 27.9 Å². The molecular weight excluding hydrogens is 478 g/mol. The fraction of sp³-hybridized carbons (Fsp3) is 0.0909. The summed E-state index contributed by atoms with van der Waals surface area (Å²) in [5.41, 5.74) is 1.07. The lowest BCUT2D eigenvalue weighted by molar-refractivity contribution is 0.0526. The monoisotopic (exact) mass is 495 g/mol. The molecule has 172 valence electrons. The number of hydrogen-bond donors (Lipinski definition) is 1. The van der Waals surface area contributed by atoms with Crippen LogP contribution in [0.25, 0.3) is 5.69 Å². The van der Waals surface area contributed by atoms with Gasteiger partial charge in [-0.25, -0.2) is 22.9 Å². The number of carbonyl (C=O) groups is 1. The molecule has 34 heavy (non-hydrogen) atoms. The number of nitrogens with zero attached hydrogens (tertiary/aromatic N) is 4. The van der Waals surface area contributed by atoms with Crippen LogP contribution in [0, 0.1) is 11.3 Å². The lowest BCUT2D eigenvalue weighted by Gasteiger charge is -2.10. The van der Waals surface area contributed by atoms with Gasteiger partial charge in [-0.2, -0.15) is 10.4 Å². The van der Waals surface area contributed by atoms with E-state index in [0.717, 1.165) is 11.3 Å². The molecule has 0 spiro atoms. The van der Waals surface area contributed by atoms with Gasteiger partial charge in [0.05, 0.1) is 34.5 Å². The van der Waals surface area contributed by atoms with Crippen molar-refractivity contribution in [2.24, 2.45) is 0 Å². The molecule has 0 radical (unpaired) electrons. The summed E-state index contributed by atoms with van der Waals surface area (Å²) < 4.78 is 39.7. The standard InChI is InChI=1S/C22H17N5O5S2/c1-2-31-21(28)16-13-25-27(14-16)17-3-5-18(6-4-17)32-20-8-7-19(11-15(20)12-23)34(29,30)26-22-24-9-10-33-22/h3-11,13-14H,2H2,1H3,(H,24,26). The molecule has 0 aliphatic heterocycles. The molecule has 2 heterocycles. The van der Waals surface area contributed by atoms with Gasteiger partial charge in [0, 0.05) is 17.8 Å². The molecule has 0 bridgehead atoms. The van der Waals surface area contributed by atoms with Gasteiger partial charge in [0.2, 0.25) is 0 Å². The van der Waals surface area contributed by atoms with E-state index in [4.69, 9.17) is 9.47 Å². The van der Waals surface area contributed by atoms with Crippen LogP contribution in [0.3, 0.4) is 0 Å². The number of rotatable bonds is 8. The Bertz CT molecular complexity index is 1460. The minimum absolute atomic E-state index is 0.0530. The number of benzene rings is 2. The minimum Gasteiger partial charge on any atom is -0.462 e. The number of anilines is 1. The molecule has 1 N–H and O–H groups in total. The molecule has 0 aliphatic rings. The highest BCUT2D eigenvalue weighted by Crippen LogP contribution is 2.29. The first-order valence-electron chi connectivity index (χ1n) is 9.86. The SMILES string of the molecule is CCOC(=O)c1cnn(-c2ccc(Oc3ccc(S(=O)(=O)Nc4nccs4)cc3C#N)cc2)c1. The maximum atomic E-state index is 12.6. The Morgan fingerprint density at radius 3 is 2.71 bits per heavy atom. The number of aromatic nitrogens is 3. The summed E-state index contributed by atoms with van der Waals surface area (Å²) in [4.78, 5) is 15.6. The van der Waals surface area contributed by atoms with E-state index >= 15 is 0 Å². The third kappa shape index (κ3) is 5.06. The van der Waals surface area contributed by atoms with Gasteiger partial charge in [0.15, 0.2) is 5.13 Å². The first-order chi connectivity index (χ1) is 16.4. The molecule has 0 unspecified atom stereocenters. The minimum atomic E-state index is -3.90. The Labute approximate surface area is 199 Å². The highest BCUT2D eigenvalue weighted by molar-refractivity contribution is 7.93. The highest BCUT2D eigenvalue weighted by Gasteiger charge is 2.18. The Kier molecular flexibility index (Phi) is 6.58. The van der Waals surface area contributed by atoms with Crippen molar-refractivity contribution in [3.63, 3.8) is 0 Å². The van der Waals surface area contributed by atoms with E-state index in [9.17, 15) is 18.5 Å². The average Bonchev–Trinajstić information content (AvgIpc) is 3.52. The van der Waals surface area contributed by atoms with Crippen molar-refractivity contribution in [2.45, 2.75) is 11.8 Å². The van der Waals surface area contributed by atoms with Crippen molar-refractivity contribution in [3.8, 4) is 23.3 Å². The number of thiazole rings is 1. The molecule has 0 fully saturated rings. The quantitative estimate of drug-likeness (QED) is 0.363. The number of esters is 1. The molecule has 10 nitrogen and oxygen atoms in total. The van der Waals surface area contributed by atoms with Crippen molar-refractivity contribution in [3.05, 3.63) is 77.6 Å². The van der Waals surface area contributed by atoms with Gasteiger partial charge >= 0.3 is 5.97 Å². The molecule has 0 saturated heterocycles. The van der Waals surface area contributed by atoms with Crippen LogP contribution in [-0.2, 0) is 14.8 Å². The first-order valence-corrected chi connectivity index (χ1v) is 12.2. The van der Waals surface area contributed by atoms with Crippen LogP contribution in [0.1, 0.15) is 22.8 Å². The van der Waals surface area contributed by atoms with E-state index in [1.807, 2.05) is 6.07 Å². The summed E-state index contributed by atoms with van der Waals surface area (Å²) in [6.45, 7) is 2.00. The maximum absolute atomic E-state index is 12.6. The number of nitriles is 1. The molecular formula is C22H17N5O5S2. The van der Waals surface area contributed by atoms with E-state index in [2.05, 4.69) is 14.8 Å². The van der Waals surface area contributed by atoms with E-state index < -0.39 is 16.0 Å². The van der Waals surface area contributed by atoms with Gasteiger partial charge in [0.25, 0.3) is 10.0 Å². The fourth-order valence-corrected chi connectivity index (χ4v) is 4.69. The number of hydrogen-bond acceptors (Lipinski definition) is 9. The zero-order valence-corrected chi connectivity index (χ0v) is 19.3. The van der Waals surface area contributed by atoms with Gasteiger partial charge in [-0.3, -0.25) is 4.72 Å². The fourth-order valence-electron chi connectivity index (χ4n) is 2.88. The molecule has 0 saturated carbocycles. The third-order valence-corrected chi connectivity index (χ3v) is 6.61. The normalized spacial score (nSPS) is 10.9. The van der Waals surface area contributed by atoms with Crippen molar-refractivity contribution < 1.29 is 22.7 Å². The lowest BCUT2D eigenvalue weighted by Crippen LogP contribution is -2.13. The zero-order valence-electron chi connectivity index (χ0n) is 17.7. The second-order valence-corrected chi connectivity index (χ2v) is 9.28. The summed E-state index contributed by atoms with van der Waals surface area (Å²) in [7, 11) is -3.90. The molecule has 0 atom stereocenters. The van der Waals surface area contributed by atoms with Crippen molar-refractivity contribution in [1.82, 2.24) is 14.8 Å². The van der Waals surface area contributed by atoms with Crippen LogP contribution in [-0.4, -0.2) is 35.8 Å². The maximum Gasteiger partial charge on any atom is 0.341 e. The van der Waals surface area contributed by atoms with Crippen molar-refractivity contribution in [2.75, 3.05) is 11.3 Å². The van der Waals surface area contributed by atoms with Crippen LogP contribution in [0.2, 0.25) is 0 Å². The summed E-state index contributed by atoms with van der Waals surface area (Å²) in [6.07, 6.45) is 4.46. The largest absolute Gasteiger partial charge is 0.462 e. The first kappa shape index (κ1) is 23.0. The predicted molar refractivity (Wildman–Crippen MR) is 124 cm³/mol. The van der Waals surface area contributed by atoms with E-state index in [1.165, 1.54) is 35.3 Å². The molecule has 0 amide bonds. The number of sulfonamides is 1. The summed E-state index contributed by atoms with van der Waals surface area (Å²) in [5, 5.41) is 15.5. The Hall–Kier alpha value is -4.21. The number of carbonyl (C=O) groups excluding carboxylic acids is 1. The molecule has 4 aromatic rings. The van der Waals surface area contributed by atoms with Crippen LogP contribution in [0.4, 0.5) is 5.13 Å². The Morgan fingerprint density at radius 1 is 1.24 bits per heavy atom. The number of nitrogens with one attached hydrogen (secondary N) is 1. The zero-order chi connectivity index (χ0) is 24.1. The van der Waals surface area contributed by atoms with Crippen molar-refractivity contribution >= 4 is 32.5 Å². The van der Waals surface area contributed by atoms with Crippen LogP contribution in [0.15, 0.2) is 71.3 Å². The van der Waals surface area contributed by atoms with Crippen LogP contribution < -0.4 is 9.46 Å². The summed E-state index contributed by atoms with van der Waals surface area (Å²) in [6, 6.07) is 12.7. The topological polar surface area (TPSA) is 136 Å². The highest BCUT2D eigenvalue weighted by atomic mass is 32.2.